The molecule has 5 heteroatoms. The van der Waals surface area contributed by atoms with Gasteiger partial charge in [-0.15, -0.1) is 0 Å². The van der Waals surface area contributed by atoms with E-state index in [1.54, 1.807) is 13.0 Å². The molecule has 0 aliphatic rings. The summed E-state index contributed by atoms with van der Waals surface area (Å²) in [6, 6.07) is 0.751. The first-order valence-corrected chi connectivity index (χ1v) is 5.62. The van der Waals surface area contributed by atoms with Gasteiger partial charge in [-0.2, -0.15) is 0 Å². The number of aryl methyl sites for hydroxylation is 2. The topological polar surface area (TPSA) is 79.5 Å². The molecule has 1 heterocycles. The lowest BCUT2D eigenvalue weighted by Gasteiger charge is -2.10. The van der Waals surface area contributed by atoms with E-state index in [4.69, 9.17) is 9.52 Å². The smallest absolute Gasteiger partial charge is 0.326 e. The highest BCUT2D eigenvalue weighted by molar-refractivity contribution is 5.94. The Kier molecular flexibility index (Phi) is 4.31. The van der Waals surface area contributed by atoms with Crippen molar-refractivity contribution in [2.45, 2.75) is 39.7 Å². The highest BCUT2D eigenvalue weighted by Gasteiger charge is 2.21. The second-order valence-electron chi connectivity index (χ2n) is 3.84. The van der Waals surface area contributed by atoms with Gasteiger partial charge in [0.1, 0.15) is 11.8 Å². The van der Waals surface area contributed by atoms with Gasteiger partial charge in [0, 0.05) is 6.42 Å². The van der Waals surface area contributed by atoms with E-state index in [0.717, 1.165) is 11.3 Å². The van der Waals surface area contributed by atoms with Gasteiger partial charge in [0.25, 0.3) is 5.91 Å². The molecule has 0 aromatic carbocycles. The number of carbonyl (C=O) groups excluding carboxylic acids is 1. The van der Waals surface area contributed by atoms with E-state index in [2.05, 4.69) is 5.32 Å². The van der Waals surface area contributed by atoms with E-state index in [0.29, 0.717) is 12.8 Å². The molecule has 1 atom stereocenters. The summed E-state index contributed by atoms with van der Waals surface area (Å²) >= 11 is 0. The minimum absolute atomic E-state index is 0.166. The fraction of sp³-hybridized carbons (Fsp3) is 0.500. The Morgan fingerprint density at radius 1 is 1.47 bits per heavy atom. The van der Waals surface area contributed by atoms with Crippen LogP contribution in [0.1, 0.15) is 42.1 Å². The molecule has 0 spiro atoms. The number of nitrogens with one attached hydrogen (secondary N) is 1. The maximum Gasteiger partial charge on any atom is 0.326 e. The number of hydrogen-bond acceptors (Lipinski definition) is 3. The zero-order valence-electron chi connectivity index (χ0n) is 10.2. The third-order valence-electron chi connectivity index (χ3n) is 2.58. The van der Waals surface area contributed by atoms with E-state index in [9.17, 15) is 9.59 Å². The van der Waals surface area contributed by atoms with Crippen LogP contribution in [0.2, 0.25) is 0 Å². The number of hydrogen-bond donors (Lipinski definition) is 2. The lowest BCUT2D eigenvalue weighted by molar-refractivity contribution is -0.139. The number of amides is 1. The highest BCUT2D eigenvalue weighted by Crippen LogP contribution is 2.15. The standard InChI is InChI=1S/C12H17NO4/c1-4-8(12(15)16)13-11(14)10-6-7(3)9(5-2)17-10/h6,8H,4-5H2,1-3H3,(H,13,14)(H,15,16). The van der Waals surface area contributed by atoms with Crippen LogP contribution in [0.5, 0.6) is 0 Å². The summed E-state index contributed by atoms with van der Waals surface area (Å²) in [4.78, 5) is 22.5. The Morgan fingerprint density at radius 3 is 2.53 bits per heavy atom. The Balaban J connectivity index is 2.78. The van der Waals surface area contributed by atoms with Gasteiger partial charge in [-0.25, -0.2) is 4.79 Å². The first kappa shape index (κ1) is 13.3. The normalized spacial score (nSPS) is 12.2. The van der Waals surface area contributed by atoms with E-state index >= 15 is 0 Å². The van der Waals surface area contributed by atoms with Gasteiger partial charge in [0.05, 0.1) is 0 Å². The molecule has 1 amide bonds. The molecule has 0 saturated carbocycles. The van der Waals surface area contributed by atoms with Crippen molar-refractivity contribution in [3.8, 4) is 0 Å². The van der Waals surface area contributed by atoms with E-state index < -0.39 is 17.9 Å². The Morgan fingerprint density at radius 2 is 2.12 bits per heavy atom. The summed E-state index contributed by atoms with van der Waals surface area (Å²) in [6.07, 6.45) is 1.04. The van der Waals surface area contributed by atoms with Crippen LogP contribution in [0.3, 0.4) is 0 Å². The molecule has 17 heavy (non-hydrogen) atoms. The molecule has 0 saturated heterocycles. The Bertz CT molecular complexity index is 422. The molecule has 1 aromatic rings. The predicted molar refractivity (Wildman–Crippen MR) is 62.0 cm³/mol. The van der Waals surface area contributed by atoms with Crippen LogP contribution in [0, 0.1) is 6.92 Å². The van der Waals surface area contributed by atoms with Gasteiger partial charge in [0.15, 0.2) is 5.76 Å². The van der Waals surface area contributed by atoms with Gasteiger partial charge >= 0.3 is 5.97 Å². The highest BCUT2D eigenvalue weighted by atomic mass is 16.4. The molecule has 1 aromatic heterocycles. The number of furan rings is 1. The SMILES string of the molecule is CCc1oc(C(=O)NC(CC)C(=O)O)cc1C. The summed E-state index contributed by atoms with van der Waals surface area (Å²) in [5, 5.41) is 11.2. The summed E-state index contributed by atoms with van der Waals surface area (Å²) in [5.74, 6) is -0.612. The van der Waals surface area contributed by atoms with Gasteiger partial charge < -0.3 is 14.8 Å². The monoisotopic (exact) mass is 239 g/mol. The molecule has 1 rings (SSSR count). The molecular weight excluding hydrogens is 222 g/mol. The first-order chi connectivity index (χ1) is 7.99. The quantitative estimate of drug-likeness (QED) is 0.820. The van der Waals surface area contributed by atoms with Crippen molar-refractivity contribution in [3.05, 3.63) is 23.2 Å². The summed E-state index contributed by atoms with van der Waals surface area (Å²) in [5.41, 5.74) is 0.904. The third-order valence-corrected chi connectivity index (χ3v) is 2.58. The molecule has 2 N–H and O–H groups in total. The maximum atomic E-state index is 11.7. The average Bonchev–Trinajstić information content (AvgIpc) is 2.66. The first-order valence-electron chi connectivity index (χ1n) is 5.62. The number of carbonyl (C=O) groups is 2. The lowest BCUT2D eigenvalue weighted by Crippen LogP contribution is -2.40. The Labute approximate surface area is 99.8 Å². The molecule has 0 radical (unpaired) electrons. The number of rotatable bonds is 5. The van der Waals surface area contributed by atoms with Crippen molar-refractivity contribution in [2.24, 2.45) is 0 Å². The molecule has 0 aliphatic heterocycles. The van der Waals surface area contributed by atoms with Gasteiger partial charge in [0.2, 0.25) is 0 Å². The largest absolute Gasteiger partial charge is 0.480 e. The zero-order valence-corrected chi connectivity index (χ0v) is 10.2. The van der Waals surface area contributed by atoms with Crippen molar-refractivity contribution >= 4 is 11.9 Å². The summed E-state index contributed by atoms with van der Waals surface area (Å²) in [7, 11) is 0. The molecule has 0 bridgehead atoms. The second kappa shape index (κ2) is 5.52. The second-order valence-corrected chi connectivity index (χ2v) is 3.84. The average molecular weight is 239 g/mol. The van der Waals surface area contributed by atoms with Crippen LogP contribution in [-0.2, 0) is 11.2 Å². The molecule has 94 valence electrons. The predicted octanol–water partition coefficient (Wildman–Crippen LogP) is 1.74. The molecular formula is C12H17NO4. The van der Waals surface area contributed by atoms with Crippen molar-refractivity contribution in [1.29, 1.82) is 0 Å². The molecule has 0 aliphatic carbocycles. The van der Waals surface area contributed by atoms with E-state index in [-0.39, 0.29) is 5.76 Å². The fourth-order valence-electron chi connectivity index (χ4n) is 1.55. The van der Waals surface area contributed by atoms with E-state index in [1.165, 1.54) is 0 Å². The number of aliphatic carboxylic acids is 1. The van der Waals surface area contributed by atoms with Crippen molar-refractivity contribution in [3.63, 3.8) is 0 Å². The van der Waals surface area contributed by atoms with Gasteiger partial charge in [-0.3, -0.25) is 4.79 Å². The summed E-state index contributed by atoms with van der Waals surface area (Å²) in [6.45, 7) is 5.48. The maximum absolute atomic E-state index is 11.7. The lowest BCUT2D eigenvalue weighted by atomic mass is 10.2. The molecule has 1 unspecified atom stereocenters. The van der Waals surface area contributed by atoms with Crippen LogP contribution in [-0.4, -0.2) is 23.0 Å². The van der Waals surface area contributed by atoms with Crippen molar-refractivity contribution in [1.82, 2.24) is 5.32 Å². The van der Waals surface area contributed by atoms with Crippen LogP contribution < -0.4 is 5.32 Å². The van der Waals surface area contributed by atoms with Gasteiger partial charge in [-0.1, -0.05) is 13.8 Å². The van der Waals surface area contributed by atoms with Crippen molar-refractivity contribution in [2.75, 3.05) is 0 Å². The van der Waals surface area contributed by atoms with Crippen molar-refractivity contribution < 1.29 is 19.1 Å². The van der Waals surface area contributed by atoms with Crippen LogP contribution in [0.4, 0.5) is 0 Å². The van der Waals surface area contributed by atoms with Crippen LogP contribution in [0.15, 0.2) is 10.5 Å². The minimum atomic E-state index is -1.04. The summed E-state index contributed by atoms with van der Waals surface area (Å²) < 4.78 is 5.35. The molecule has 5 nitrogen and oxygen atoms in total. The van der Waals surface area contributed by atoms with E-state index in [1.807, 2.05) is 13.8 Å². The number of carboxylic acids is 1. The third kappa shape index (κ3) is 3.09. The zero-order chi connectivity index (χ0) is 13.0. The van der Waals surface area contributed by atoms with Gasteiger partial charge in [-0.05, 0) is 25.0 Å². The Hall–Kier alpha value is -1.78. The number of carboxylic acid groups (broad SMARTS) is 1. The minimum Gasteiger partial charge on any atom is -0.480 e. The molecule has 0 fully saturated rings. The van der Waals surface area contributed by atoms with Crippen LogP contribution >= 0.6 is 0 Å². The van der Waals surface area contributed by atoms with Crippen LogP contribution in [0.25, 0.3) is 0 Å². The fourth-order valence-corrected chi connectivity index (χ4v) is 1.55.